The van der Waals surface area contributed by atoms with Gasteiger partial charge in [-0.1, -0.05) is 33.7 Å². The monoisotopic (exact) mass is 279 g/mol. The van der Waals surface area contributed by atoms with E-state index in [4.69, 9.17) is 5.26 Å². The van der Waals surface area contributed by atoms with Gasteiger partial charge in [-0.25, -0.2) is 0 Å². The minimum atomic E-state index is -0.132. The van der Waals surface area contributed by atoms with E-state index >= 15 is 0 Å². The van der Waals surface area contributed by atoms with Gasteiger partial charge in [0.05, 0.1) is 16.5 Å². The maximum Gasteiger partial charge on any atom is 0.170 e. The molecule has 5 heteroatoms. The van der Waals surface area contributed by atoms with E-state index in [9.17, 15) is 9.90 Å². The third-order valence-electron chi connectivity index (χ3n) is 2.10. The lowest BCUT2D eigenvalue weighted by Crippen LogP contribution is -1.94. The highest BCUT2D eigenvalue weighted by Crippen LogP contribution is 2.34. The SMILES string of the molecule is CC(=O)/C(SSCc1ccc(C#N)cc1)=C(/C)O. The topological polar surface area (TPSA) is 61.1 Å². The number of benzene rings is 1. The summed E-state index contributed by atoms with van der Waals surface area (Å²) in [5.41, 5.74) is 1.71. The fourth-order valence-electron chi connectivity index (χ4n) is 1.21. The van der Waals surface area contributed by atoms with Crippen LogP contribution in [0.1, 0.15) is 25.0 Å². The molecule has 18 heavy (non-hydrogen) atoms. The molecule has 0 amide bonds. The number of hydrogen-bond acceptors (Lipinski definition) is 5. The lowest BCUT2D eigenvalue weighted by molar-refractivity contribution is -0.113. The molecular formula is C13H13NO2S2. The molecule has 0 aliphatic rings. The Morgan fingerprint density at radius 1 is 1.33 bits per heavy atom. The summed E-state index contributed by atoms with van der Waals surface area (Å²) in [6.07, 6.45) is 0. The summed E-state index contributed by atoms with van der Waals surface area (Å²) in [6, 6.07) is 9.36. The van der Waals surface area contributed by atoms with Gasteiger partial charge in [-0.3, -0.25) is 4.79 Å². The van der Waals surface area contributed by atoms with Gasteiger partial charge in [0.25, 0.3) is 0 Å². The van der Waals surface area contributed by atoms with Crippen molar-refractivity contribution in [1.29, 1.82) is 5.26 Å². The Balaban J connectivity index is 2.54. The van der Waals surface area contributed by atoms with E-state index in [0.29, 0.717) is 16.2 Å². The van der Waals surface area contributed by atoms with Crippen molar-refractivity contribution in [2.24, 2.45) is 0 Å². The molecule has 0 spiro atoms. The lowest BCUT2D eigenvalue weighted by Gasteiger charge is -2.04. The molecule has 1 N–H and O–H groups in total. The van der Waals surface area contributed by atoms with Gasteiger partial charge in [-0.2, -0.15) is 5.26 Å². The first-order valence-electron chi connectivity index (χ1n) is 5.24. The highest BCUT2D eigenvalue weighted by Gasteiger charge is 2.09. The first-order valence-corrected chi connectivity index (χ1v) is 7.55. The predicted molar refractivity (Wildman–Crippen MR) is 76.1 cm³/mol. The maximum atomic E-state index is 11.2. The van der Waals surface area contributed by atoms with Crippen LogP contribution in [0.15, 0.2) is 34.9 Å². The van der Waals surface area contributed by atoms with E-state index < -0.39 is 0 Å². The van der Waals surface area contributed by atoms with E-state index in [-0.39, 0.29) is 11.5 Å². The predicted octanol–water partition coefficient (Wildman–Crippen LogP) is 3.82. The van der Waals surface area contributed by atoms with Crippen LogP contribution in [-0.4, -0.2) is 10.9 Å². The van der Waals surface area contributed by atoms with Crippen molar-refractivity contribution in [3.63, 3.8) is 0 Å². The van der Waals surface area contributed by atoms with Crippen molar-refractivity contribution < 1.29 is 9.90 Å². The van der Waals surface area contributed by atoms with Crippen LogP contribution in [0.4, 0.5) is 0 Å². The summed E-state index contributed by atoms with van der Waals surface area (Å²) >= 11 is 0. The van der Waals surface area contributed by atoms with Crippen LogP contribution in [0.3, 0.4) is 0 Å². The Kier molecular flexibility index (Phi) is 5.83. The Bertz CT molecular complexity index is 497. The average Bonchev–Trinajstić information content (AvgIpc) is 2.34. The van der Waals surface area contributed by atoms with Crippen LogP contribution in [0, 0.1) is 11.3 Å². The van der Waals surface area contributed by atoms with Crippen molar-refractivity contribution in [1.82, 2.24) is 0 Å². The fourth-order valence-corrected chi connectivity index (χ4v) is 3.60. The molecule has 94 valence electrons. The zero-order valence-electron chi connectivity index (χ0n) is 10.1. The molecule has 0 atom stereocenters. The van der Waals surface area contributed by atoms with Crippen molar-refractivity contribution in [2.75, 3.05) is 0 Å². The van der Waals surface area contributed by atoms with Crippen LogP contribution in [-0.2, 0) is 10.5 Å². The molecule has 0 aromatic heterocycles. The second kappa shape index (κ2) is 7.14. The molecule has 1 rings (SSSR count). The van der Waals surface area contributed by atoms with Gasteiger partial charge in [0, 0.05) is 5.75 Å². The Hall–Kier alpha value is -1.38. The number of aliphatic hydroxyl groups is 1. The van der Waals surface area contributed by atoms with Crippen LogP contribution < -0.4 is 0 Å². The van der Waals surface area contributed by atoms with E-state index in [1.165, 1.54) is 35.4 Å². The first kappa shape index (κ1) is 14.7. The van der Waals surface area contributed by atoms with Crippen molar-refractivity contribution in [3.8, 4) is 6.07 Å². The summed E-state index contributed by atoms with van der Waals surface area (Å²) in [4.78, 5) is 11.6. The largest absolute Gasteiger partial charge is 0.511 e. The Morgan fingerprint density at radius 3 is 2.39 bits per heavy atom. The van der Waals surface area contributed by atoms with E-state index in [1.54, 1.807) is 12.1 Å². The number of aliphatic hydroxyl groups excluding tert-OH is 1. The van der Waals surface area contributed by atoms with Crippen LogP contribution in [0.25, 0.3) is 0 Å². The zero-order chi connectivity index (χ0) is 13.5. The van der Waals surface area contributed by atoms with E-state index in [0.717, 1.165) is 5.56 Å². The summed E-state index contributed by atoms with van der Waals surface area (Å²) in [5, 5.41) is 18.0. The van der Waals surface area contributed by atoms with Gasteiger partial charge in [-0.15, -0.1) is 0 Å². The normalized spacial score (nSPS) is 11.6. The molecule has 0 unspecified atom stereocenters. The number of carbonyl (C=O) groups is 1. The molecule has 1 aromatic carbocycles. The summed E-state index contributed by atoms with van der Waals surface area (Å²) in [6.45, 7) is 2.94. The van der Waals surface area contributed by atoms with Crippen LogP contribution in [0.2, 0.25) is 0 Å². The highest BCUT2D eigenvalue weighted by atomic mass is 33.1. The van der Waals surface area contributed by atoms with E-state index in [1.807, 2.05) is 12.1 Å². The third kappa shape index (κ3) is 4.47. The fraction of sp³-hybridized carbons (Fsp3) is 0.231. The Labute approximate surface area is 114 Å². The van der Waals surface area contributed by atoms with Crippen LogP contribution >= 0.6 is 21.6 Å². The number of allylic oxidation sites excluding steroid dienone is 2. The molecular weight excluding hydrogens is 266 g/mol. The van der Waals surface area contributed by atoms with Crippen molar-refractivity contribution in [2.45, 2.75) is 19.6 Å². The number of nitrogens with zero attached hydrogens (tertiary/aromatic N) is 1. The van der Waals surface area contributed by atoms with Gasteiger partial charge in [0.15, 0.2) is 5.78 Å². The summed E-state index contributed by atoms with van der Waals surface area (Å²) < 4.78 is 0. The molecule has 0 fully saturated rings. The van der Waals surface area contributed by atoms with Gasteiger partial charge >= 0.3 is 0 Å². The Morgan fingerprint density at radius 2 is 1.94 bits per heavy atom. The molecule has 0 saturated carbocycles. The molecule has 1 aromatic rings. The standard InChI is InChI=1S/C13H13NO2S2/c1-9(15)13(10(2)16)18-17-8-12-5-3-11(7-14)4-6-12/h3-6,15H,8H2,1-2H3/b13-9+. The molecule has 0 radical (unpaired) electrons. The maximum absolute atomic E-state index is 11.2. The summed E-state index contributed by atoms with van der Waals surface area (Å²) in [5.74, 6) is 0.632. The number of hydrogen-bond donors (Lipinski definition) is 1. The molecule has 0 aliphatic heterocycles. The quantitative estimate of drug-likeness (QED) is 0.504. The first-order chi connectivity index (χ1) is 8.54. The van der Waals surface area contributed by atoms with Crippen molar-refractivity contribution in [3.05, 3.63) is 46.1 Å². The second-order valence-electron chi connectivity index (χ2n) is 3.62. The van der Waals surface area contributed by atoms with E-state index in [2.05, 4.69) is 6.07 Å². The number of carbonyl (C=O) groups excluding carboxylic acids is 1. The summed E-state index contributed by atoms with van der Waals surface area (Å²) in [7, 11) is 2.75. The average molecular weight is 279 g/mol. The van der Waals surface area contributed by atoms with Crippen LogP contribution in [0.5, 0.6) is 0 Å². The second-order valence-corrected chi connectivity index (χ2v) is 5.93. The van der Waals surface area contributed by atoms with Gasteiger partial charge < -0.3 is 5.11 Å². The van der Waals surface area contributed by atoms with Crippen molar-refractivity contribution >= 4 is 27.4 Å². The molecule has 0 heterocycles. The molecule has 0 bridgehead atoms. The lowest BCUT2D eigenvalue weighted by atomic mass is 10.2. The number of ketones is 1. The van der Waals surface area contributed by atoms with Gasteiger partial charge in [-0.05, 0) is 31.5 Å². The third-order valence-corrected chi connectivity index (χ3v) is 4.62. The van der Waals surface area contributed by atoms with Gasteiger partial charge in [0.1, 0.15) is 5.76 Å². The smallest absolute Gasteiger partial charge is 0.170 e. The van der Waals surface area contributed by atoms with Gasteiger partial charge in [0.2, 0.25) is 0 Å². The zero-order valence-corrected chi connectivity index (χ0v) is 11.8. The minimum absolute atomic E-state index is 0.0554. The highest BCUT2D eigenvalue weighted by molar-refractivity contribution is 8.78. The number of nitriles is 1. The minimum Gasteiger partial charge on any atom is -0.511 e. The molecule has 0 saturated heterocycles. The number of Topliss-reactive ketones (excluding diaryl/α,β-unsaturated/α-hetero) is 1. The molecule has 0 aliphatic carbocycles. The molecule has 3 nitrogen and oxygen atoms in total. The number of rotatable bonds is 5.